The fourth-order valence-electron chi connectivity index (χ4n) is 4.10. The smallest absolute Gasteiger partial charge is 0.497 e. The lowest BCUT2D eigenvalue weighted by molar-refractivity contribution is -0.274. The van der Waals surface area contributed by atoms with Crippen molar-refractivity contribution in [1.82, 2.24) is 4.57 Å². The van der Waals surface area contributed by atoms with Crippen molar-refractivity contribution in [2.24, 2.45) is 0 Å². The van der Waals surface area contributed by atoms with Crippen LogP contribution in [0, 0.1) is 12.7 Å². The van der Waals surface area contributed by atoms with E-state index in [1.165, 1.54) is 30.7 Å². The number of benzene rings is 3. The Morgan fingerprint density at radius 1 is 0.947 bits per heavy atom. The van der Waals surface area contributed by atoms with E-state index in [0.717, 1.165) is 24.3 Å². The van der Waals surface area contributed by atoms with Crippen molar-refractivity contribution in [2.75, 3.05) is 7.11 Å². The summed E-state index contributed by atoms with van der Waals surface area (Å²) in [7, 11) is 1.48. The van der Waals surface area contributed by atoms with Gasteiger partial charge in [0.25, 0.3) is 0 Å². The first kappa shape index (κ1) is 26.5. The number of nitrogens with zero attached hydrogens (tertiary/aromatic N) is 1. The van der Waals surface area contributed by atoms with Crippen molar-refractivity contribution in [3.8, 4) is 22.9 Å². The Morgan fingerprint density at radius 2 is 1.61 bits per heavy atom. The second-order valence-electron chi connectivity index (χ2n) is 8.32. The maximum absolute atomic E-state index is 14.6. The van der Waals surface area contributed by atoms with E-state index in [1.54, 1.807) is 31.2 Å². The number of aromatic nitrogens is 1. The van der Waals surface area contributed by atoms with E-state index in [2.05, 4.69) is 4.74 Å². The number of carboxylic acid groups (broad SMARTS) is 1. The van der Waals surface area contributed by atoms with E-state index in [-0.39, 0.29) is 22.5 Å². The van der Waals surface area contributed by atoms with E-state index < -0.39 is 35.8 Å². The van der Waals surface area contributed by atoms with Gasteiger partial charge in [0.1, 0.15) is 23.1 Å². The van der Waals surface area contributed by atoms with Crippen molar-refractivity contribution in [3.63, 3.8) is 0 Å². The van der Waals surface area contributed by atoms with Gasteiger partial charge in [-0.15, -0.1) is 13.2 Å². The highest BCUT2D eigenvalue weighted by Gasteiger charge is 2.32. The van der Waals surface area contributed by atoms with Crippen LogP contribution in [0.25, 0.3) is 16.6 Å². The molecule has 198 valence electrons. The summed E-state index contributed by atoms with van der Waals surface area (Å²) in [6.45, 7) is 2.82. The summed E-state index contributed by atoms with van der Waals surface area (Å²) < 4.78 is 69.3. The molecule has 0 saturated heterocycles. The van der Waals surface area contributed by atoms with Gasteiger partial charge in [-0.2, -0.15) is 0 Å². The Hall–Kier alpha value is -4.54. The fraction of sp³-hybridized carbons (Fsp3) is 0.185. The molecule has 1 N–H and O–H groups in total. The Kier molecular flexibility index (Phi) is 7.03. The van der Waals surface area contributed by atoms with E-state index in [0.29, 0.717) is 22.4 Å². The van der Waals surface area contributed by atoms with Gasteiger partial charge in [0.15, 0.2) is 11.9 Å². The quantitative estimate of drug-likeness (QED) is 0.220. The number of carboxylic acids is 1. The zero-order valence-electron chi connectivity index (χ0n) is 20.3. The molecule has 1 atom stereocenters. The van der Waals surface area contributed by atoms with Gasteiger partial charge in [-0.3, -0.25) is 4.79 Å². The first-order valence-electron chi connectivity index (χ1n) is 11.2. The lowest BCUT2D eigenvalue weighted by Crippen LogP contribution is -2.23. The van der Waals surface area contributed by atoms with Crippen LogP contribution in [-0.2, 0) is 4.79 Å². The molecule has 0 saturated carbocycles. The number of ketones is 1. The molecule has 0 aliphatic rings. The molecule has 0 spiro atoms. The molecule has 0 bridgehead atoms. The molecule has 3 aromatic carbocycles. The monoisotopic (exact) mass is 531 g/mol. The van der Waals surface area contributed by atoms with Crippen LogP contribution in [0.3, 0.4) is 0 Å². The Balaban J connectivity index is 1.94. The van der Waals surface area contributed by atoms with E-state index >= 15 is 0 Å². The highest BCUT2D eigenvalue weighted by atomic mass is 19.4. The number of aliphatic carboxylic acids is 1. The number of methoxy groups -OCH3 is 1. The molecule has 0 unspecified atom stereocenters. The molecule has 0 radical (unpaired) electrons. The normalized spacial score (nSPS) is 12.3. The van der Waals surface area contributed by atoms with E-state index in [1.807, 2.05) is 0 Å². The van der Waals surface area contributed by atoms with Gasteiger partial charge in [0.05, 0.1) is 23.9 Å². The molecule has 11 heteroatoms. The SMILES string of the molecule is COc1ccc(C(=O)c2c(C)n(-c3cc(F)cc(O[C@H](C)C(=O)O)c3)c3cc(OC(F)(F)F)ccc23)cc1. The van der Waals surface area contributed by atoms with Crippen LogP contribution in [0.2, 0.25) is 0 Å². The zero-order chi connectivity index (χ0) is 27.8. The molecular weight excluding hydrogens is 510 g/mol. The molecule has 38 heavy (non-hydrogen) atoms. The lowest BCUT2D eigenvalue weighted by atomic mass is 10.0. The minimum absolute atomic E-state index is 0.0954. The summed E-state index contributed by atoms with van der Waals surface area (Å²) in [5.41, 5.74) is 0.992. The van der Waals surface area contributed by atoms with Crippen LogP contribution in [0.15, 0.2) is 60.7 Å². The molecule has 0 aliphatic heterocycles. The van der Waals surface area contributed by atoms with Crippen molar-refractivity contribution >= 4 is 22.7 Å². The molecular formula is C27H21F4NO6. The number of alkyl halides is 3. The lowest BCUT2D eigenvalue weighted by Gasteiger charge is -2.15. The minimum atomic E-state index is -4.96. The van der Waals surface area contributed by atoms with Gasteiger partial charge in [-0.1, -0.05) is 0 Å². The first-order valence-corrected chi connectivity index (χ1v) is 11.2. The van der Waals surface area contributed by atoms with Crippen LogP contribution < -0.4 is 14.2 Å². The highest BCUT2D eigenvalue weighted by Crippen LogP contribution is 2.36. The second-order valence-corrected chi connectivity index (χ2v) is 8.32. The molecule has 1 heterocycles. The van der Waals surface area contributed by atoms with Crippen LogP contribution >= 0.6 is 0 Å². The third kappa shape index (κ3) is 5.41. The number of hydrogen-bond acceptors (Lipinski definition) is 5. The maximum atomic E-state index is 14.6. The number of carbonyl (C=O) groups excluding carboxylic acids is 1. The predicted octanol–water partition coefficient (Wildman–Crippen LogP) is 6.07. The zero-order valence-corrected chi connectivity index (χ0v) is 20.3. The van der Waals surface area contributed by atoms with Crippen molar-refractivity contribution in [1.29, 1.82) is 0 Å². The molecule has 1 aromatic heterocycles. The van der Waals surface area contributed by atoms with Crippen LogP contribution in [-0.4, -0.2) is 41.0 Å². The van der Waals surface area contributed by atoms with Gasteiger partial charge in [0.2, 0.25) is 0 Å². The standard InChI is InChI=1S/C27H21F4NO6/c1-14-24(25(33)16-4-6-19(36-3)7-5-16)22-9-8-20(38-27(29,30)31)13-23(22)32(14)18-10-17(28)11-21(12-18)37-15(2)26(34)35/h4-13,15H,1-3H3,(H,34,35)/t15-/m1/s1. The molecule has 7 nitrogen and oxygen atoms in total. The average molecular weight is 531 g/mol. The summed E-state index contributed by atoms with van der Waals surface area (Å²) in [5.74, 6) is -2.63. The summed E-state index contributed by atoms with van der Waals surface area (Å²) in [4.78, 5) is 24.8. The molecule has 0 fully saturated rings. The van der Waals surface area contributed by atoms with Crippen LogP contribution in [0.1, 0.15) is 28.5 Å². The average Bonchev–Trinajstić information content (AvgIpc) is 3.13. The van der Waals surface area contributed by atoms with E-state index in [4.69, 9.17) is 14.6 Å². The minimum Gasteiger partial charge on any atom is -0.497 e. The molecule has 4 aromatic rings. The number of halogens is 4. The number of fused-ring (bicyclic) bond motifs is 1. The van der Waals surface area contributed by atoms with Gasteiger partial charge < -0.3 is 23.9 Å². The molecule has 0 aliphatic carbocycles. The number of ether oxygens (including phenoxy) is 3. The van der Waals surface area contributed by atoms with Gasteiger partial charge in [0, 0.05) is 34.8 Å². The third-order valence-corrected chi connectivity index (χ3v) is 5.76. The Bertz CT molecular complexity index is 1530. The maximum Gasteiger partial charge on any atom is 0.573 e. The predicted molar refractivity (Wildman–Crippen MR) is 129 cm³/mol. The van der Waals surface area contributed by atoms with Crippen molar-refractivity contribution in [3.05, 3.63) is 83.3 Å². The third-order valence-electron chi connectivity index (χ3n) is 5.76. The largest absolute Gasteiger partial charge is 0.573 e. The number of hydrogen-bond donors (Lipinski definition) is 1. The van der Waals surface area contributed by atoms with Crippen molar-refractivity contribution < 1.29 is 46.5 Å². The number of rotatable bonds is 8. The highest BCUT2D eigenvalue weighted by molar-refractivity contribution is 6.18. The van der Waals surface area contributed by atoms with E-state index in [9.17, 15) is 27.2 Å². The van der Waals surface area contributed by atoms with Gasteiger partial charge in [-0.05, 0) is 56.3 Å². The van der Waals surface area contributed by atoms with Gasteiger partial charge in [-0.25, -0.2) is 9.18 Å². The molecule has 4 rings (SSSR count). The second kappa shape index (κ2) is 10.1. The summed E-state index contributed by atoms with van der Waals surface area (Å²) >= 11 is 0. The van der Waals surface area contributed by atoms with Crippen LogP contribution in [0.5, 0.6) is 17.2 Å². The first-order chi connectivity index (χ1) is 17.9. The Morgan fingerprint density at radius 3 is 2.21 bits per heavy atom. The summed E-state index contributed by atoms with van der Waals surface area (Å²) in [6.07, 6.45) is -6.26. The summed E-state index contributed by atoms with van der Waals surface area (Å²) in [5, 5.41) is 9.43. The fourth-order valence-corrected chi connectivity index (χ4v) is 4.10. The topological polar surface area (TPSA) is 87.0 Å². The van der Waals surface area contributed by atoms with Crippen molar-refractivity contribution in [2.45, 2.75) is 26.3 Å². The number of carbonyl (C=O) groups is 2. The van der Waals surface area contributed by atoms with Crippen LogP contribution in [0.4, 0.5) is 17.6 Å². The molecule has 0 amide bonds. The van der Waals surface area contributed by atoms with Gasteiger partial charge >= 0.3 is 12.3 Å². The Labute approximate surface area is 213 Å². The summed E-state index contributed by atoms with van der Waals surface area (Å²) in [6, 6.07) is 13.2.